The van der Waals surface area contributed by atoms with E-state index in [9.17, 15) is 23.2 Å². The second-order valence-electron chi connectivity index (χ2n) is 10.4. The number of carbonyl (C=O) groups is 1. The second-order valence-corrected chi connectivity index (χ2v) is 11.5. The summed E-state index contributed by atoms with van der Waals surface area (Å²) in [7, 11) is 0. The molecule has 1 aromatic carbocycles. The first-order valence-corrected chi connectivity index (χ1v) is 14.1. The number of aromatic nitrogens is 3. The van der Waals surface area contributed by atoms with Crippen molar-refractivity contribution in [1.29, 1.82) is 5.26 Å². The van der Waals surface area contributed by atoms with Crippen LogP contribution in [0, 0.1) is 25.2 Å². The van der Waals surface area contributed by atoms with Crippen molar-refractivity contribution in [2.24, 2.45) is 0 Å². The van der Waals surface area contributed by atoms with Gasteiger partial charge in [-0.25, -0.2) is 9.97 Å². The van der Waals surface area contributed by atoms with Gasteiger partial charge in [0.05, 0.1) is 18.4 Å². The Morgan fingerprint density at radius 2 is 1.98 bits per heavy atom. The number of aryl methyl sites for hydroxylation is 2. The average molecular weight is 582 g/mol. The number of fused-ring (bicyclic) bond motifs is 2. The third-order valence-corrected chi connectivity index (χ3v) is 8.47. The number of amides is 1. The van der Waals surface area contributed by atoms with E-state index in [-0.39, 0.29) is 10.9 Å². The van der Waals surface area contributed by atoms with Gasteiger partial charge in [0.15, 0.2) is 0 Å². The molecule has 2 N–H and O–H groups in total. The Morgan fingerprint density at radius 3 is 2.66 bits per heavy atom. The van der Waals surface area contributed by atoms with Gasteiger partial charge in [0, 0.05) is 47.2 Å². The number of likely N-dealkylation sites (tertiary alicyclic amines) is 1. The molecule has 1 amide bonds. The van der Waals surface area contributed by atoms with Crippen LogP contribution in [0.3, 0.4) is 0 Å². The summed E-state index contributed by atoms with van der Waals surface area (Å²) in [5.74, 6) is 1.13. The highest BCUT2D eigenvalue weighted by Crippen LogP contribution is 2.34. The van der Waals surface area contributed by atoms with Gasteiger partial charge in [-0.3, -0.25) is 9.69 Å². The third kappa shape index (κ3) is 6.36. The third-order valence-electron chi connectivity index (χ3n) is 7.45. The standard InChI is InChI=1S/C29H30F3N7OS/c1-17(34-16-40)14-39-22(13-33)10-24-18(2)20(4-5-26(24)39)15-38-8-6-21(7-9-38)37-27-25-11-23(12-29(30,31)32)41-28(25)36-19(3)35-27/h4-5,10-11,16,21H,1,6-9,12,14-15H2,2-3H3,(H,34,40)(H,35,36,37). The fraction of sp³-hybridized carbons (Fsp3) is 0.379. The molecule has 8 nitrogen and oxygen atoms in total. The summed E-state index contributed by atoms with van der Waals surface area (Å²) >= 11 is 1.07. The lowest BCUT2D eigenvalue weighted by molar-refractivity contribution is -0.126. The van der Waals surface area contributed by atoms with Gasteiger partial charge in [-0.2, -0.15) is 18.4 Å². The average Bonchev–Trinajstić information content (AvgIpc) is 3.46. The molecule has 1 aliphatic heterocycles. The number of benzene rings is 1. The largest absolute Gasteiger partial charge is 0.393 e. The summed E-state index contributed by atoms with van der Waals surface area (Å²) in [6, 6.07) is 9.93. The number of halogens is 3. The molecular formula is C29H30F3N7OS. The van der Waals surface area contributed by atoms with Crippen LogP contribution in [0.15, 0.2) is 36.5 Å². The summed E-state index contributed by atoms with van der Waals surface area (Å²) in [6.07, 6.45) is -2.92. The lowest BCUT2D eigenvalue weighted by Gasteiger charge is -2.33. The van der Waals surface area contributed by atoms with E-state index in [0.29, 0.717) is 46.2 Å². The summed E-state index contributed by atoms with van der Waals surface area (Å²) in [4.78, 5) is 22.8. The SMILES string of the molecule is C=C(Cn1c(C#N)cc2c(C)c(CN3CCC(Nc4nc(C)nc5sc(CC(F)(F)F)cc45)CC3)ccc21)NC=O. The molecule has 0 saturated carbocycles. The van der Waals surface area contributed by atoms with Crippen molar-refractivity contribution in [2.45, 2.75) is 58.4 Å². The Kier molecular flexibility index (Phi) is 8.02. The van der Waals surface area contributed by atoms with E-state index in [4.69, 9.17) is 0 Å². The fourth-order valence-electron chi connectivity index (χ4n) is 5.42. The fourth-order valence-corrected chi connectivity index (χ4v) is 6.52. The quantitative estimate of drug-likeness (QED) is 0.251. The molecule has 41 heavy (non-hydrogen) atoms. The van der Waals surface area contributed by atoms with Gasteiger partial charge in [0.2, 0.25) is 6.41 Å². The van der Waals surface area contributed by atoms with Crippen LogP contribution in [0.25, 0.3) is 21.1 Å². The highest BCUT2D eigenvalue weighted by atomic mass is 32.1. The van der Waals surface area contributed by atoms with Gasteiger partial charge in [0.1, 0.15) is 28.2 Å². The number of piperidine rings is 1. The molecule has 0 bridgehead atoms. The highest BCUT2D eigenvalue weighted by Gasteiger charge is 2.29. The molecule has 4 heterocycles. The molecule has 0 aliphatic carbocycles. The van der Waals surface area contributed by atoms with E-state index < -0.39 is 12.6 Å². The Balaban J connectivity index is 1.26. The lowest BCUT2D eigenvalue weighted by atomic mass is 10.0. The van der Waals surface area contributed by atoms with Gasteiger partial charge in [-0.1, -0.05) is 12.6 Å². The van der Waals surface area contributed by atoms with Gasteiger partial charge >= 0.3 is 6.18 Å². The number of carbonyl (C=O) groups excluding carboxylic acids is 1. The zero-order valence-corrected chi connectivity index (χ0v) is 23.6. The monoisotopic (exact) mass is 581 g/mol. The molecule has 4 aromatic rings. The minimum atomic E-state index is -4.27. The van der Waals surface area contributed by atoms with Crippen molar-refractivity contribution in [3.05, 3.63) is 64.1 Å². The van der Waals surface area contributed by atoms with Gasteiger partial charge in [-0.15, -0.1) is 11.3 Å². The van der Waals surface area contributed by atoms with Crippen molar-refractivity contribution in [1.82, 2.24) is 24.8 Å². The molecule has 214 valence electrons. The number of anilines is 1. The van der Waals surface area contributed by atoms with Crippen molar-refractivity contribution in [3.63, 3.8) is 0 Å². The first-order valence-electron chi connectivity index (χ1n) is 13.3. The van der Waals surface area contributed by atoms with E-state index in [2.05, 4.69) is 51.1 Å². The number of nitriles is 1. The van der Waals surface area contributed by atoms with Gasteiger partial charge < -0.3 is 15.2 Å². The zero-order chi connectivity index (χ0) is 29.3. The Bertz CT molecular complexity index is 1660. The van der Waals surface area contributed by atoms with Crippen molar-refractivity contribution >= 4 is 44.7 Å². The molecule has 1 saturated heterocycles. The molecule has 0 spiro atoms. The first-order chi connectivity index (χ1) is 19.5. The maximum Gasteiger partial charge on any atom is 0.393 e. The van der Waals surface area contributed by atoms with Crippen LogP contribution < -0.4 is 10.6 Å². The number of hydrogen-bond donors (Lipinski definition) is 2. The maximum atomic E-state index is 12.9. The van der Waals surface area contributed by atoms with Crippen LogP contribution in [-0.2, 0) is 24.3 Å². The van der Waals surface area contributed by atoms with Crippen LogP contribution in [0.2, 0.25) is 0 Å². The van der Waals surface area contributed by atoms with E-state index in [0.717, 1.165) is 60.3 Å². The summed E-state index contributed by atoms with van der Waals surface area (Å²) in [5.41, 5.74) is 4.21. The number of hydrogen-bond acceptors (Lipinski definition) is 7. The normalized spacial score (nSPS) is 14.8. The van der Waals surface area contributed by atoms with Gasteiger partial charge in [0.25, 0.3) is 0 Å². The topological polar surface area (TPSA) is 98.9 Å². The molecule has 0 atom stereocenters. The number of allylic oxidation sites excluding steroid dienone is 1. The molecule has 12 heteroatoms. The molecule has 0 unspecified atom stereocenters. The number of rotatable bonds is 9. The number of thiophene rings is 1. The minimum Gasteiger partial charge on any atom is -0.367 e. The minimum absolute atomic E-state index is 0.151. The maximum absolute atomic E-state index is 12.9. The van der Waals surface area contributed by atoms with Crippen LogP contribution in [0.1, 0.15) is 40.4 Å². The molecule has 5 rings (SSSR count). The number of nitrogens with zero attached hydrogens (tertiary/aromatic N) is 5. The van der Waals surface area contributed by atoms with E-state index >= 15 is 0 Å². The van der Waals surface area contributed by atoms with Crippen molar-refractivity contribution < 1.29 is 18.0 Å². The first kappa shape index (κ1) is 28.6. The molecule has 1 aliphatic rings. The number of nitrogens with one attached hydrogen (secondary N) is 2. The smallest absolute Gasteiger partial charge is 0.367 e. The molecule has 3 aromatic heterocycles. The molecule has 1 fully saturated rings. The molecule has 0 radical (unpaired) electrons. The zero-order valence-electron chi connectivity index (χ0n) is 22.8. The highest BCUT2D eigenvalue weighted by molar-refractivity contribution is 7.18. The summed E-state index contributed by atoms with van der Waals surface area (Å²) in [6.45, 7) is 10.5. The van der Waals surface area contributed by atoms with Crippen molar-refractivity contribution in [2.75, 3.05) is 18.4 Å². The van der Waals surface area contributed by atoms with Crippen molar-refractivity contribution in [3.8, 4) is 6.07 Å². The predicted molar refractivity (Wildman–Crippen MR) is 154 cm³/mol. The van der Waals surface area contributed by atoms with Crippen LogP contribution in [0.4, 0.5) is 19.0 Å². The van der Waals surface area contributed by atoms with E-state index in [1.165, 1.54) is 5.56 Å². The van der Waals surface area contributed by atoms with Crippen LogP contribution >= 0.6 is 11.3 Å². The second kappa shape index (κ2) is 11.5. The number of alkyl halides is 3. The predicted octanol–water partition coefficient (Wildman–Crippen LogP) is 5.58. The molecular weight excluding hydrogens is 551 g/mol. The Labute approximate surface area is 239 Å². The van der Waals surface area contributed by atoms with Gasteiger partial charge in [-0.05, 0) is 56.0 Å². The summed E-state index contributed by atoms with van der Waals surface area (Å²) < 4.78 is 40.7. The Hall–Kier alpha value is -3.95. The van der Waals surface area contributed by atoms with Crippen LogP contribution in [0.5, 0.6) is 0 Å². The van der Waals surface area contributed by atoms with E-state index in [1.54, 1.807) is 13.0 Å². The lowest BCUT2D eigenvalue weighted by Crippen LogP contribution is -2.39. The van der Waals surface area contributed by atoms with Crippen LogP contribution in [-0.4, -0.2) is 51.2 Å². The van der Waals surface area contributed by atoms with E-state index in [1.807, 2.05) is 16.7 Å². The summed E-state index contributed by atoms with van der Waals surface area (Å²) in [5, 5.41) is 17.3. The Morgan fingerprint density at radius 1 is 1.22 bits per heavy atom.